The van der Waals surface area contributed by atoms with Crippen LogP contribution in [-0.2, 0) is 20.3 Å². The molecule has 0 saturated carbocycles. The zero-order chi connectivity index (χ0) is 26.9. The Hall–Kier alpha value is -1.80. The second kappa shape index (κ2) is 11.5. The third-order valence-electron chi connectivity index (χ3n) is 6.45. The minimum absolute atomic E-state index is 0.0741. The monoisotopic (exact) mass is 677 g/mol. The van der Waals surface area contributed by atoms with Crippen LogP contribution in [0.1, 0.15) is 49.6 Å². The number of benzene rings is 1. The van der Waals surface area contributed by atoms with E-state index in [0.717, 1.165) is 6.42 Å². The van der Waals surface area contributed by atoms with Gasteiger partial charge in [0.2, 0.25) is 0 Å². The fourth-order valence-electron chi connectivity index (χ4n) is 4.22. The van der Waals surface area contributed by atoms with E-state index in [1.54, 1.807) is 24.5 Å². The van der Waals surface area contributed by atoms with Crippen molar-refractivity contribution < 1.29 is 22.6 Å². The van der Waals surface area contributed by atoms with E-state index in [2.05, 4.69) is 52.0 Å². The molecule has 0 N–H and O–H groups in total. The Labute approximate surface area is 237 Å². The molecule has 4 rings (SSSR count). The van der Waals surface area contributed by atoms with Gasteiger partial charge in [0.05, 0.1) is 40.0 Å². The molecule has 3 atom stereocenters. The van der Waals surface area contributed by atoms with Crippen LogP contribution in [0.15, 0.2) is 27.4 Å². The van der Waals surface area contributed by atoms with Gasteiger partial charge in [0.25, 0.3) is 0 Å². The standard InChI is InChI=1S/C23H26Br2ClN5O5S/c1-12(22-27-8-15(26)9-28-22)13(2)37(32,33)11-18-29-30-23(14-5-6-36-10-14)31(18)19-20(34-3)16(24)7-17(25)21(19)35-4/h7-9,12-14H,5-6,10-11H2,1-4H3/t12-,13-,14-/m0/s1. The molecule has 0 radical (unpaired) electrons. The fraction of sp³-hybridized carbons (Fsp3) is 0.478. The van der Waals surface area contributed by atoms with Crippen molar-refractivity contribution in [3.8, 4) is 17.2 Å². The Balaban J connectivity index is 1.82. The molecule has 1 aliphatic rings. The summed E-state index contributed by atoms with van der Waals surface area (Å²) < 4.78 is 47.4. The molecule has 0 spiro atoms. The molecule has 37 heavy (non-hydrogen) atoms. The Morgan fingerprint density at radius 1 is 1.14 bits per heavy atom. The van der Waals surface area contributed by atoms with Crippen LogP contribution in [0.5, 0.6) is 11.5 Å². The number of halogens is 3. The third-order valence-corrected chi connectivity index (χ3v) is 10.0. The summed E-state index contributed by atoms with van der Waals surface area (Å²) in [6, 6.07) is 1.80. The largest absolute Gasteiger partial charge is 0.493 e. The summed E-state index contributed by atoms with van der Waals surface area (Å²) in [5.74, 6) is 1.18. The fourth-order valence-corrected chi connectivity index (χ4v) is 7.34. The highest BCUT2D eigenvalue weighted by Gasteiger charge is 2.35. The number of rotatable bonds is 9. The van der Waals surface area contributed by atoms with Crippen LogP contribution in [0.3, 0.4) is 0 Å². The maximum atomic E-state index is 13.7. The minimum Gasteiger partial charge on any atom is -0.493 e. The van der Waals surface area contributed by atoms with Crippen molar-refractivity contribution in [2.75, 3.05) is 27.4 Å². The van der Waals surface area contributed by atoms with Crippen molar-refractivity contribution >= 4 is 53.3 Å². The van der Waals surface area contributed by atoms with Gasteiger partial charge < -0.3 is 14.2 Å². The van der Waals surface area contributed by atoms with Crippen molar-refractivity contribution in [2.24, 2.45) is 0 Å². The summed E-state index contributed by atoms with van der Waals surface area (Å²) in [5.41, 5.74) is 0.491. The molecule has 14 heteroatoms. The van der Waals surface area contributed by atoms with Crippen molar-refractivity contribution in [3.63, 3.8) is 0 Å². The van der Waals surface area contributed by atoms with E-state index in [0.29, 0.717) is 56.0 Å². The Bertz CT molecular complexity index is 1350. The highest BCUT2D eigenvalue weighted by molar-refractivity contribution is 9.11. The summed E-state index contributed by atoms with van der Waals surface area (Å²) in [7, 11) is -0.676. The Morgan fingerprint density at radius 3 is 2.30 bits per heavy atom. The maximum Gasteiger partial charge on any atom is 0.161 e. The lowest BCUT2D eigenvalue weighted by molar-refractivity contribution is 0.193. The van der Waals surface area contributed by atoms with Crippen LogP contribution in [0.2, 0.25) is 5.02 Å². The molecule has 3 heterocycles. The van der Waals surface area contributed by atoms with Crippen molar-refractivity contribution in [3.05, 3.63) is 49.9 Å². The predicted octanol–water partition coefficient (Wildman–Crippen LogP) is 4.86. The van der Waals surface area contributed by atoms with Crippen molar-refractivity contribution in [2.45, 2.75) is 43.1 Å². The first-order valence-corrected chi connectivity index (χ1v) is 15.1. The van der Waals surface area contributed by atoms with Crippen LogP contribution in [-0.4, -0.2) is 65.8 Å². The van der Waals surface area contributed by atoms with E-state index < -0.39 is 21.0 Å². The molecule has 0 unspecified atom stereocenters. The zero-order valence-corrected chi connectivity index (χ0v) is 25.4. The van der Waals surface area contributed by atoms with Gasteiger partial charge in [0.15, 0.2) is 27.2 Å². The molecule has 1 aromatic carbocycles. The second-order valence-electron chi connectivity index (χ2n) is 8.69. The lowest BCUT2D eigenvalue weighted by Crippen LogP contribution is -2.27. The van der Waals surface area contributed by atoms with Crippen LogP contribution in [0.4, 0.5) is 0 Å². The van der Waals surface area contributed by atoms with Crippen LogP contribution < -0.4 is 9.47 Å². The number of hydrogen-bond donors (Lipinski definition) is 0. The van der Waals surface area contributed by atoms with E-state index in [1.165, 1.54) is 26.6 Å². The van der Waals surface area contributed by atoms with Crippen molar-refractivity contribution in [1.82, 2.24) is 24.7 Å². The van der Waals surface area contributed by atoms with E-state index in [9.17, 15) is 8.42 Å². The van der Waals surface area contributed by atoms with Crippen LogP contribution >= 0.6 is 43.5 Å². The molecule has 1 saturated heterocycles. The van der Waals surface area contributed by atoms with Gasteiger partial charge in [-0.1, -0.05) is 18.5 Å². The summed E-state index contributed by atoms with van der Waals surface area (Å²) in [6.07, 6.45) is 3.64. The predicted molar refractivity (Wildman–Crippen MR) is 146 cm³/mol. The smallest absolute Gasteiger partial charge is 0.161 e. The van der Waals surface area contributed by atoms with Gasteiger partial charge in [-0.2, -0.15) is 0 Å². The first kappa shape index (κ1) is 28.2. The molecular formula is C23H26Br2ClN5O5S. The highest BCUT2D eigenvalue weighted by atomic mass is 79.9. The summed E-state index contributed by atoms with van der Waals surface area (Å²) in [4.78, 5) is 8.42. The van der Waals surface area contributed by atoms with E-state index >= 15 is 0 Å². The van der Waals surface area contributed by atoms with Gasteiger partial charge in [-0.25, -0.2) is 18.4 Å². The van der Waals surface area contributed by atoms with Crippen molar-refractivity contribution in [1.29, 1.82) is 0 Å². The average molecular weight is 680 g/mol. The summed E-state index contributed by atoms with van der Waals surface area (Å²) >= 11 is 13.0. The molecule has 200 valence electrons. The molecule has 0 bridgehead atoms. The van der Waals surface area contributed by atoms with Gasteiger partial charge in [-0.05, 0) is 51.3 Å². The van der Waals surface area contributed by atoms with E-state index in [4.69, 9.17) is 25.8 Å². The first-order chi connectivity index (χ1) is 17.6. The number of nitrogens with zero attached hydrogens (tertiary/aromatic N) is 5. The number of methoxy groups -OCH3 is 2. The second-order valence-corrected chi connectivity index (χ2v) is 13.2. The molecule has 1 aliphatic heterocycles. The van der Waals surface area contributed by atoms with Gasteiger partial charge >= 0.3 is 0 Å². The SMILES string of the molecule is COc1c(Br)cc(Br)c(OC)c1-n1c(CS(=O)(=O)[C@@H](C)[C@H](C)c2ncc(Cl)cn2)nnc1[C@H]1CCOC1. The zero-order valence-electron chi connectivity index (χ0n) is 20.6. The van der Waals surface area contributed by atoms with Gasteiger partial charge in [-0.15, -0.1) is 10.2 Å². The molecule has 10 nitrogen and oxygen atoms in total. The van der Waals surface area contributed by atoms with E-state index in [1.807, 2.05) is 0 Å². The van der Waals surface area contributed by atoms with Gasteiger partial charge in [0, 0.05) is 30.8 Å². The highest BCUT2D eigenvalue weighted by Crippen LogP contribution is 2.45. The first-order valence-electron chi connectivity index (χ1n) is 11.4. The number of ether oxygens (including phenoxy) is 3. The Morgan fingerprint density at radius 2 is 1.76 bits per heavy atom. The normalized spacial score (nSPS) is 17.5. The third kappa shape index (κ3) is 5.65. The van der Waals surface area contributed by atoms with Crippen LogP contribution in [0, 0.1) is 0 Å². The topological polar surface area (TPSA) is 118 Å². The van der Waals surface area contributed by atoms with E-state index in [-0.39, 0.29) is 17.5 Å². The average Bonchev–Trinajstić information content (AvgIpc) is 3.53. The minimum atomic E-state index is -3.74. The number of aromatic nitrogens is 5. The lowest BCUT2D eigenvalue weighted by atomic mass is 10.1. The number of hydrogen-bond acceptors (Lipinski definition) is 9. The van der Waals surface area contributed by atoms with Gasteiger partial charge in [-0.3, -0.25) is 4.57 Å². The molecule has 0 amide bonds. The number of sulfone groups is 1. The Kier molecular flexibility index (Phi) is 8.79. The lowest BCUT2D eigenvalue weighted by Gasteiger charge is -2.22. The molecule has 1 fully saturated rings. The maximum absolute atomic E-state index is 13.7. The molecule has 0 aliphatic carbocycles. The van der Waals surface area contributed by atoms with Gasteiger partial charge in [0.1, 0.15) is 23.1 Å². The quantitative estimate of drug-likeness (QED) is 0.312. The molecular weight excluding hydrogens is 654 g/mol. The summed E-state index contributed by atoms with van der Waals surface area (Å²) in [6.45, 7) is 4.44. The summed E-state index contributed by atoms with van der Waals surface area (Å²) in [5, 5.41) is 8.35. The molecule has 3 aromatic rings. The van der Waals surface area contributed by atoms with Crippen LogP contribution in [0.25, 0.3) is 5.69 Å². The molecule has 2 aromatic heterocycles.